The van der Waals surface area contributed by atoms with Crippen molar-refractivity contribution in [2.24, 2.45) is 5.92 Å². The van der Waals surface area contributed by atoms with Crippen molar-refractivity contribution in [1.29, 1.82) is 0 Å². The van der Waals surface area contributed by atoms with Crippen LogP contribution in [-0.4, -0.2) is 34.7 Å². The van der Waals surface area contributed by atoms with Gasteiger partial charge in [-0.2, -0.15) is 5.10 Å². The van der Waals surface area contributed by atoms with E-state index in [9.17, 15) is 8.78 Å². The van der Waals surface area contributed by atoms with Gasteiger partial charge in [-0.05, 0) is 56.7 Å². The maximum absolute atomic E-state index is 14.2. The molecule has 1 aromatic heterocycles. The molecule has 138 valence electrons. The maximum atomic E-state index is 14.2. The quantitative estimate of drug-likeness (QED) is 0.790. The summed E-state index contributed by atoms with van der Waals surface area (Å²) in [6.07, 6.45) is 11.8. The van der Waals surface area contributed by atoms with E-state index in [1.165, 1.54) is 31.0 Å². The third-order valence-electron chi connectivity index (χ3n) is 5.71. The summed E-state index contributed by atoms with van der Waals surface area (Å²) in [6.45, 7) is 3.14. The van der Waals surface area contributed by atoms with Crippen LogP contribution in [0.3, 0.4) is 0 Å². The van der Waals surface area contributed by atoms with Gasteiger partial charge in [-0.3, -0.25) is 5.10 Å². The van der Waals surface area contributed by atoms with Crippen molar-refractivity contribution in [2.45, 2.75) is 38.0 Å². The van der Waals surface area contributed by atoms with Crippen molar-refractivity contribution in [3.8, 4) is 11.1 Å². The van der Waals surface area contributed by atoms with Crippen LogP contribution in [0.1, 0.15) is 43.7 Å². The van der Waals surface area contributed by atoms with Gasteiger partial charge in [0.1, 0.15) is 11.6 Å². The third-order valence-corrected chi connectivity index (χ3v) is 5.71. The number of aromatic nitrogens is 2. The fourth-order valence-electron chi connectivity index (χ4n) is 4.41. The summed E-state index contributed by atoms with van der Waals surface area (Å²) in [5, 5.41) is 7.14. The first-order valence-electron chi connectivity index (χ1n) is 9.57. The predicted octanol–water partition coefficient (Wildman–Crippen LogP) is 4.89. The average molecular weight is 357 g/mol. The van der Waals surface area contributed by atoms with Crippen molar-refractivity contribution in [3.05, 3.63) is 53.9 Å². The molecule has 1 aliphatic carbocycles. The predicted molar refractivity (Wildman–Crippen MR) is 98.8 cm³/mol. The molecule has 26 heavy (non-hydrogen) atoms. The summed E-state index contributed by atoms with van der Waals surface area (Å²) in [6, 6.07) is 4.01. The van der Waals surface area contributed by atoms with Crippen LogP contribution in [0, 0.1) is 17.6 Å². The van der Waals surface area contributed by atoms with Gasteiger partial charge >= 0.3 is 0 Å². The zero-order valence-electron chi connectivity index (χ0n) is 14.9. The number of allylic oxidation sites excluding steroid dienone is 2. The molecule has 2 aromatic rings. The summed E-state index contributed by atoms with van der Waals surface area (Å²) in [7, 11) is 0. The van der Waals surface area contributed by atoms with E-state index in [1.54, 1.807) is 6.20 Å². The van der Waals surface area contributed by atoms with E-state index in [2.05, 4.69) is 27.2 Å². The molecule has 5 heteroatoms. The van der Waals surface area contributed by atoms with Crippen molar-refractivity contribution in [2.75, 3.05) is 19.6 Å². The number of hydrogen-bond acceptors (Lipinski definition) is 2. The Hall–Kier alpha value is -2.01. The number of halogens is 2. The molecule has 1 fully saturated rings. The smallest absolute Gasteiger partial charge is 0.134 e. The highest BCUT2D eigenvalue weighted by Crippen LogP contribution is 2.35. The molecule has 0 unspecified atom stereocenters. The highest BCUT2D eigenvalue weighted by molar-refractivity contribution is 5.67. The first-order valence-corrected chi connectivity index (χ1v) is 9.57. The second-order valence-corrected chi connectivity index (χ2v) is 7.54. The van der Waals surface area contributed by atoms with Crippen molar-refractivity contribution >= 4 is 0 Å². The number of likely N-dealkylation sites (tertiary alicyclic amines) is 1. The second kappa shape index (κ2) is 7.70. The Morgan fingerprint density at radius 3 is 2.77 bits per heavy atom. The number of hydrogen-bond donors (Lipinski definition) is 1. The Kier molecular flexibility index (Phi) is 5.16. The van der Waals surface area contributed by atoms with Crippen LogP contribution in [-0.2, 0) is 0 Å². The van der Waals surface area contributed by atoms with Crippen LogP contribution in [0.4, 0.5) is 8.78 Å². The van der Waals surface area contributed by atoms with E-state index in [0.29, 0.717) is 5.56 Å². The van der Waals surface area contributed by atoms with Crippen molar-refractivity contribution < 1.29 is 8.78 Å². The average Bonchev–Trinajstić information content (AvgIpc) is 3.12. The van der Waals surface area contributed by atoms with Gasteiger partial charge in [-0.25, -0.2) is 8.78 Å². The summed E-state index contributed by atoms with van der Waals surface area (Å²) < 4.78 is 28.5. The number of benzene rings is 1. The summed E-state index contributed by atoms with van der Waals surface area (Å²) in [5.41, 5.74) is 1.46. The second-order valence-electron chi connectivity index (χ2n) is 7.54. The van der Waals surface area contributed by atoms with Crippen molar-refractivity contribution in [3.63, 3.8) is 0 Å². The molecule has 2 aliphatic rings. The van der Waals surface area contributed by atoms with Crippen LogP contribution in [0.25, 0.3) is 11.1 Å². The van der Waals surface area contributed by atoms with E-state index >= 15 is 0 Å². The molecule has 1 aromatic carbocycles. The molecule has 0 spiro atoms. The minimum atomic E-state index is -0.533. The highest BCUT2D eigenvalue weighted by atomic mass is 19.1. The molecular formula is C21H25F2N3. The topological polar surface area (TPSA) is 31.9 Å². The lowest BCUT2D eigenvalue weighted by molar-refractivity contribution is 0.173. The lowest BCUT2D eigenvalue weighted by Crippen LogP contribution is -2.38. The Bertz CT molecular complexity index is 763. The molecule has 1 aliphatic heterocycles. The molecule has 0 amide bonds. The number of nitrogens with one attached hydrogen (secondary N) is 1. The monoisotopic (exact) mass is 357 g/mol. The van der Waals surface area contributed by atoms with Crippen molar-refractivity contribution in [1.82, 2.24) is 15.1 Å². The first-order chi connectivity index (χ1) is 12.7. The van der Waals surface area contributed by atoms with E-state index in [4.69, 9.17) is 0 Å². The largest absolute Gasteiger partial charge is 0.302 e. The minimum absolute atomic E-state index is 0.0331. The number of nitrogens with zero attached hydrogens (tertiary/aromatic N) is 2. The Morgan fingerprint density at radius 1 is 1.15 bits per heavy atom. The van der Waals surface area contributed by atoms with Crippen LogP contribution >= 0.6 is 0 Å². The molecule has 1 saturated heterocycles. The zero-order chi connectivity index (χ0) is 17.9. The van der Waals surface area contributed by atoms with Gasteiger partial charge in [0.25, 0.3) is 0 Å². The van der Waals surface area contributed by atoms with Crippen LogP contribution in [0.2, 0.25) is 0 Å². The molecule has 0 saturated carbocycles. The van der Waals surface area contributed by atoms with E-state index in [1.807, 2.05) is 0 Å². The molecule has 0 radical (unpaired) electrons. The SMILES string of the molecule is Fc1cccc(F)c1-c1cn[nH]c1[C@@H]1CCCN(C[C@H]2CC=CCC2)C1. The number of piperidine rings is 1. The fraction of sp³-hybridized carbons (Fsp3) is 0.476. The Labute approximate surface area is 153 Å². The molecule has 1 N–H and O–H groups in total. The Morgan fingerprint density at radius 2 is 2.00 bits per heavy atom. The molecular weight excluding hydrogens is 332 g/mol. The fourth-order valence-corrected chi connectivity index (χ4v) is 4.41. The summed E-state index contributed by atoms with van der Waals surface area (Å²) in [4.78, 5) is 2.51. The molecule has 0 bridgehead atoms. The highest BCUT2D eigenvalue weighted by Gasteiger charge is 2.28. The van der Waals surface area contributed by atoms with Crippen LogP contribution in [0.5, 0.6) is 0 Å². The maximum Gasteiger partial charge on any atom is 0.134 e. The first kappa shape index (κ1) is 17.4. The van der Waals surface area contributed by atoms with Gasteiger partial charge in [-0.1, -0.05) is 18.2 Å². The van der Waals surface area contributed by atoms with Crippen LogP contribution in [0.15, 0.2) is 36.5 Å². The van der Waals surface area contributed by atoms with Gasteiger partial charge in [0.05, 0.1) is 11.8 Å². The van der Waals surface area contributed by atoms with E-state index in [0.717, 1.165) is 50.5 Å². The summed E-state index contributed by atoms with van der Waals surface area (Å²) >= 11 is 0. The normalized spacial score (nSPS) is 24.1. The van der Waals surface area contributed by atoms with Gasteiger partial charge in [0, 0.05) is 30.3 Å². The van der Waals surface area contributed by atoms with E-state index in [-0.39, 0.29) is 11.5 Å². The van der Waals surface area contributed by atoms with Crippen LogP contribution < -0.4 is 0 Å². The van der Waals surface area contributed by atoms with Gasteiger partial charge < -0.3 is 4.90 Å². The minimum Gasteiger partial charge on any atom is -0.302 e. The molecule has 4 rings (SSSR count). The molecule has 2 heterocycles. The summed E-state index contributed by atoms with van der Waals surface area (Å²) in [5.74, 6) is -0.105. The van der Waals surface area contributed by atoms with Gasteiger partial charge in [0.15, 0.2) is 0 Å². The Balaban J connectivity index is 1.53. The lowest BCUT2D eigenvalue weighted by Gasteiger charge is -2.35. The molecule has 2 atom stereocenters. The number of aromatic amines is 1. The third kappa shape index (κ3) is 3.58. The lowest BCUT2D eigenvalue weighted by atomic mass is 9.88. The zero-order valence-corrected chi connectivity index (χ0v) is 14.9. The van der Waals surface area contributed by atoms with Gasteiger partial charge in [0.2, 0.25) is 0 Å². The standard InChI is InChI=1S/C21H25F2N3/c22-18-9-4-10-19(23)20(18)17-12-24-25-21(17)16-8-5-11-26(14-16)13-15-6-2-1-3-7-15/h1-2,4,9-10,12,15-16H,3,5-8,11,13-14H2,(H,24,25)/t15-,16+/m0/s1. The van der Waals surface area contributed by atoms with Gasteiger partial charge in [-0.15, -0.1) is 0 Å². The number of H-pyrrole nitrogens is 1. The number of rotatable bonds is 4. The molecule has 3 nitrogen and oxygen atoms in total. The van der Waals surface area contributed by atoms with E-state index < -0.39 is 11.6 Å².